The molecule has 14 heavy (non-hydrogen) atoms. The smallest absolute Gasteiger partial charge is 0.123 e. The molecular weight excluding hydrogens is 205 g/mol. The van der Waals surface area contributed by atoms with Crippen LogP contribution in [0.5, 0.6) is 0 Å². The highest BCUT2D eigenvalue weighted by Gasteiger charge is 2.13. The SMILES string of the molecule is Cl.[2H]C([2H])([2H])NC(C)C(O)c1ccc(F)cc1. The van der Waals surface area contributed by atoms with Gasteiger partial charge in [-0.3, -0.25) is 0 Å². The van der Waals surface area contributed by atoms with E-state index >= 15 is 0 Å². The summed E-state index contributed by atoms with van der Waals surface area (Å²) >= 11 is 0. The first-order valence-electron chi connectivity index (χ1n) is 5.51. The maximum Gasteiger partial charge on any atom is 0.123 e. The van der Waals surface area contributed by atoms with Gasteiger partial charge in [-0.1, -0.05) is 12.1 Å². The van der Waals surface area contributed by atoms with Gasteiger partial charge in [0.2, 0.25) is 0 Å². The third-order valence-corrected chi connectivity index (χ3v) is 1.91. The lowest BCUT2D eigenvalue weighted by atomic mass is 10.0. The van der Waals surface area contributed by atoms with Crippen molar-refractivity contribution in [2.45, 2.75) is 19.1 Å². The largest absolute Gasteiger partial charge is 0.387 e. The molecule has 1 rings (SSSR count). The van der Waals surface area contributed by atoms with Crippen LogP contribution in [0.4, 0.5) is 4.39 Å². The molecule has 2 unspecified atom stereocenters. The van der Waals surface area contributed by atoms with Crippen LogP contribution in [-0.4, -0.2) is 18.1 Å². The van der Waals surface area contributed by atoms with E-state index in [0.717, 1.165) is 0 Å². The molecule has 4 heteroatoms. The Morgan fingerprint density at radius 2 is 2.00 bits per heavy atom. The van der Waals surface area contributed by atoms with E-state index in [1.807, 2.05) is 0 Å². The molecule has 2 atom stereocenters. The summed E-state index contributed by atoms with van der Waals surface area (Å²) in [5.74, 6) is -0.396. The van der Waals surface area contributed by atoms with Gasteiger partial charge in [0.05, 0.1) is 6.10 Å². The first kappa shape index (κ1) is 8.65. The summed E-state index contributed by atoms with van der Waals surface area (Å²) in [5.41, 5.74) is 0.477. The normalized spacial score (nSPS) is 18.4. The third kappa shape index (κ3) is 3.25. The first-order chi connectivity index (χ1) is 7.29. The molecular formula is C10H15ClFNO. The molecule has 2 N–H and O–H groups in total. The second-order valence-electron chi connectivity index (χ2n) is 2.93. The van der Waals surface area contributed by atoms with E-state index in [4.69, 9.17) is 4.11 Å². The Kier molecular flexibility index (Phi) is 3.68. The summed E-state index contributed by atoms with van der Waals surface area (Å²) < 4.78 is 33.6. The zero-order valence-electron chi connectivity index (χ0n) is 10.7. The fourth-order valence-electron chi connectivity index (χ4n) is 1.03. The van der Waals surface area contributed by atoms with Crippen LogP contribution in [0, 0.1) is 5.82 Å². The molecule has 0 aliphatic rings. The van der Waals surface area contributed by atoms with Crippen molar-refractivity contribution in [2.75, 3.05) is 6.98 Å². The molecule has 0 aromatic heterocycles. The number of benzene rings is 1. The number of nitrogens with one attached hydrogen (secondary N) is 1. The van der Waals surface area contributed by atoms with Crippen LogP contribution in [0.15, 0.2) is 24.3 Å². The Morgan fingerprint density at radius 3 is 2.50 bits per heavy atom. The van der Waals surface area contributed by atoms with Crippen molar-refractivity contribution in [3.63, 3.8) is 0 Å². The summed E-state index contributed by atoms with van der Waals surface area (Å²) in [6.07, 6.45) is -0.985. The predicted octanol–water partition coefficient (Wildman–Crippen LogP) is 1.89. The maximum absolute atomic E-state index is 12.6. The maximum atomic E-state index is 12.6. The van der Waals surface area contributed by atoms with Crippen molar-refractivity contribution in [3.05, 3.63) is 35.6 Å². The zero-order chi connectivity index (χ0) is 12.3. The highest BCUT2D eigenvalue weighted by molar-refractivity contribution is 5.85. The van der Waals surface area contributed by atoms with Gasteiger partial charge in [-0.25, -0.2) is 4.39 Å². The van der Waals surface area contributed by atoms with Crippen LogP contribution >= 0.6 is 12.4 Å². The fraction of sp³-hybridized carbons (Fsp3) is 0.400. The molecule has 0 spiro atoms. The average molecular weight is 223 g/mol. The number of halogens is 2. The molecule has 0 bridgehead atoms. The number of likely N-dealkylation sites (N-methyl/N-ethyl adjacent to an activating group) is 1. The molecule has 80 valence electrons. The monoisotopic (exact) mass is 222 g/mol. The lowest BCUT2D eigenvalue weighted by Crippen LogP contribution is -2.28. The van der Waals surface area contributed by atoms with E-state index in [9.17, 15) is 9.50 Å². The summed E-state index contributed by atoms with van der Waals surface area (Å²) in [5, 5.41) is 12.1. The lowest BCUT2D eigenvalue weighted by molar-refractivity contribution is 0.140. The molecule has 0 saturated carbocycles. The quantitative estimate of drug-likeness (QED) is 0.819. The van der Waals surface area contributed by atoms with E-state index in [0.29, 0.717) is 5.56 Å². The number of hydrogen-bond acceptors (Lipinski definition) is 2. The van der Waals surface area contributed by atoms with Crippen LogP contribution in [0.2, 0.25) is 0 Å². The van der Waals surface area contributed by atoms with Crippen LogP contribution in [-0.2, 0) is 0 Å². The van der Waals surface area contributed by atoms with Gasteiger partial charge < -0.3 is 10.4 Å². The lowest BCUT2D eigenvalue weighted by Gasteiger charge is -2.18. The van der Waals surface area contributed by atoms with Crippen molar-refractivity contribution in [2.24, 2.45) is 0 Å². The number of hydrogen-bond donors (Lipinski definition) is 2. The molecule has 0 aliphatic carbocycles. The van der Waals surface area contributed by atoms with E-state index < -0.39 is 24.9 Å². The van der Waals surface area contributed by atoms with Crippen molar-refractivity contribution in [1.82, 2.24) is 5.32 Å². The molecule has 1 aromatic rings. The highest BCUT2D eigenvalue weighted by atomic mass is 35.5. The molecule has 0 amide bonds. The zero-order valence-corrected chi connectivity index (χ0v) is 8.51. The van der Waals surface area contributed by atoms with Gasteiger partial charge in [0, 0.05) is 10.2 Å². The van der Waals surface area contributed by atoms with Crippen molar-refractivity contribution < 1.29 is 13.6 Å². The molecule has 0 fully saturated rings. The summed E-state index contributed by atoms with van der Waals surface area (Å²) in [6, 6.07) is 4.66. The van der Waals surface area contributed by atoms with Crippen molar-refractivity contribution >= 4 is 12.4 Å². The van der Waals surface area contributed by atoms with Gasteiger partial charge in [-0.05, 0) is 31.6 Å². The Morgan fingerprint density at radius 1 is 1.43 bits per heavy atom. The summed E-state index contributed by atoms with van der Waals surface area (Å²) in [7, 11) is 0. The Bertz CT molecular complexity index is 344. The summed E-state index contributed by atoms with van der Waals surface area (Å²) in [4.78, 5) is 0. The van der Waals surface area contributed by atoms with Crippen molar-refractivity contribution in [1.29, 1.82) is 0 Å². The van der Waals surface area contributed by atoms with Gasteiger partial charge in [0.25, 0.3) is 0 Å². The minimum atomic E-state index is -2.31. The van der Waals surface area contributed by atoms with Gasteiger partial charge >= 0.3 is 0 Å². The molecule has 1 aromatic carbocycles. The van der Waals surface area contributed by atoms with E-state index in [2.05, 4.69) is 5.32 Å². The number of aliphatic hydroxyl groups excluding tert-OH is 1. The van der Waals surface area contributed by atoms with Crippen LogP contribution in [0.1, 0.15) is 22.7 Å². The molecule has 2 nitrogen and oxygen atoms in total. The van der Waals surface area contributed by atoms with Crippen LogP contribution in [0.25, 0.3) is 0 Å². The van der Waals surface area contributed by atoms with E-state index in [1.54, 1.807) is 6.92 Å². The minimum Gasteiger partial charge on any atom is -0.387 e. The second kappa shape index (κ2) is 5.96. The molecule has 0 saturated heterocycles. The molecule has 0 heterocycles. The van der Waals surface area contributed by atoms with Crippen LogP contribution in [0.3, 0.4) is 0 Å². The van der Waals surface area contributed by atoms with Gasteiger partial charge in [-0.2, -0.15) is 0 Å². The van der Waals surface area contributed by atoms with Crippen molar-refractivity contribution in [3.8, 4) is 0 Å². The topological polar surface area (TPSA) is 32.3 Å². The van der Waals surface area contributed by atoms with Gasteiger partial charge in [-0.15, -0.1) is 12.4 Å². The van der Waals surface area contributed by atoms with Crippen LogP contribution < -0.4 is 5.32 Å². The predicted molar refractivity (Wildman–Crippen MR) is 57.1 cm³/mol. The number of rotatable bonds is 3. The van der Waals surface area contributed by atoms with Gasteiger partial charge in [0.15, 0.2) is 0 Å². The first-order valence-corrected chi connectivity index (χ1v) is 4.01. The fourth-order valence-corrected chi connectivity index (χ4v) is 1.03. The average Bonchev–Trinajstić information content (AvgIpc) is 2.15. The van der Waals surface area contributed by atoms with E-state index in [-0.39, 0.29) is 12.4 Å². The molecule has 0 radical (unpaired) electrons. The Balaban J connectivity index is 0.00000256. The minimum absolute atomic E-state index is 0. The summed E-state index contributed by atoms with van der Waals surface area (Å²) in [6.45, 7) is -0.749. The highest BCUT2D eigenvalue weighted by Crippen LogP contribution is 2.16. The Labute approximate surface area is 93.8 Å². The number of aliphatic hydroxyl groups is 1. The molecule has 0 aliphatic heterocycles. The van der Waals surface area contributed by atoms with Gasteiger partial charge in [0.1, 0.15) is 5.82 Å². The van der Waals surface area contributed by atoms with E-state index in [1.165, 1.54) is 24.3 Å². The third-order valence-electron chi connectivity index (χ3n) is 1.91. The standard InChI is InChI=1S/C10H14FNO.ClH/c1-7(12-2)10(13)8-3-5-9(11)6-4-8;/h3-7,10,12-13H,1-2H3;1H/i2D3;. The Hall–Kier alpha value is -0.640. The second-order valence-corrected chi connectivity index (χ2v) is 2.93.